The van der Waals surface area contributed by atoms with Gasteiger partial charge in [-0.2, -0.15) is 0 Å². The summed E-state index contributed by atoms with van der Waals surface area (Å²) >= 11 is 0. The van der Waals surface area contributed by atoms with E-state index in [0.717, 1.165) is 51.4 Å². The van der Waals surface area contributed by atoms with Crippen LogP contribution in [0.1, 0.15) is 119 Å². The second kappa shape index (κ2) is 16.7. The summed E-state index contributed by atoms with van der Waals surface area (Å²) in [4.78, 5) is 93.6. The molecule has 12 nitrogen and oxygen atoms in total. The van der Waals surface area contributed by atoms with Gasteiger partial charge < -0.3 is 26.2 Å². The van der Waals surface area contributed by atoms with Gasteiger partial charge in [-0.25, -0.2) is 0 Å². The lowest BCUT2D eigenvalue weighted by molar-refractivity contribution is -0.146. The molecule has 5 amide bonds. The van der Waals surface area contributed by atoms with Gasteiger partial charge in [-0.15, -0.1) is 0 Å². The molecule has 0 unspecified atom stereocenters. The quantitative estimate of drug-likeness (QED) is 0.208. The van der Waals surface area contributed by atoms with Crippen molar-refractivity contribution in [2.45, 2.75) is 149 Å². The number of amides is 5. The average Bonchev–Trinajstić information content (AvgIpc) is 3.62. The van der Waals surface area contributed by atoms with E-state index in [1.807, 2.05) is 27.7 Å². The number of carbonyl (C=O) groups is 7. The Hall–Kier alpha value is -3.31. The van der Waals surface area contributed by atoms with Gasteiger partial charge in [0.15, 0.2) is 5.78 Å². The van der Waals surface area contributed by atoms with E-state index in [0.29, 0.717) is 19.4 Å². The van der Waals surface area contributed by atoms with Crippen LogP contribution in [0.2, 0.25) is 0 Å². The summed E-state index contributed by atoms with van der Waals surface area (Å²) in [5.74, 6) is -3.42. The fourth-order valence-corrected chi connectivity index (χ4v) is 7.53. The number of likely N-dealkylation sites (tertiary alicyclic amines) is 1. The predicted octanol–water partition coefficient (Wildman–Crippen LogP) is 2.57. The maximum atomic E-state index is 14.5. The highest BCUT2D eigenvalue weighted by molar-refractivity contribution is 6.38. The highest BCUT2D eigenvalue weighted by atomic mass is 16.2. The summed E-state index contributed by atoms with van der Waals surface area (Å²) < 4.78 is 0. The highest BCUT2D eigenvalue weighted by Gasteiger charge is 2.52. The number of Topliss-reactive ketones (excluding diaryl/α,β-unsaturated/α-hetero) is 2. The Bertz CT molecular complexity index is 1190. The first-order valence-corrected chi connectivity index (χ1v) is 17.7. The summed E-state index contributed by atoms with van der Waals surface area (Å²) in [6, 6.07) is -4.52. The molecule has 0 aromatic rings. The number of carbonyl (C=O) groups excluding carboxylic acids is 7. The van der Waals surface area contributed by atoms with Gasteiger partial charge in [0.2, 0.25) is 35.3 Å². The first-order valence-electron chi connectivity index (χ1n) is 17.7. The van der Waals surface area contributed by atoms with Crippen LogP contribution in [-0.2, 0) is 33.6 Å². The molecular weight excluding hydrogens is 602 g/mol. The van der Waals surface area contributed by atoms with Crippen molar-refractivity contribution in [3.8, 4) is 0 Å². The van der Waals surface area contributed by atoms with Crippen LogP contribution in [0.4, 0.5) is 0 Å². The second-order valence-corrected chi connectivity index (χ2v) is 14.9. The van der Waals surface area contributed by atoms with Gasteiger partial charge in [-0.3, -0.25) is 33.6 Å². The molecule has 0 aromatic carbocycles. The van der Waals surface area contributed by atoms with Crippen LogP contribution in [0.5, 0.6) is 0 Å². The smallest absolute Gasteiger partial charge is 0.246 e. The lowest BCUT2D eigenvalue weighted by atomic mass is 9.82. The zero-order chi connectivity index (χ0) is 35.1. The molecular formula is C35H57N5O7. The van der Waals surface area contributed by atoms with E-state index in [1.54, 1.807) is 18.7 Å². The Morgan fingerprint density at radius 2 is 1.47 bits per heavy atom. The third-order valence-electron chi connectivity index (χ3n) is 10.2. The monoisotopic (exact) mass is 659 g/mol. The fraction of sp³-hybridized carbons (Fsp3) is 0.800. The molecule has 7 atom stereocenters. The van der Waals surface area contributed by atoms with Gasteiger partial charge in [0.05, 0.1) is 6.04 Å². The molecule has 0 radical (unpaired) electrons. The zero-order valence-electron chi connectivity index (χ0n) is 29.4. The summed E-state index contributed by atoms with van der Waals surface area (Å²) in [5.41, 5.74) is -0.746. The van der Waals surface area contributed by atoms with E-state index in [1.165, 1.54) is 6.92 Å². The summed E-state index contributed by atoms with van der Waals surface area (Å²) in [6.45, 7) is 12.2. The molecule has 1 heterocycles. The van der Waals surface area contributed by atoms with Crippen LogP contribution in [0.25, 0.3) is 0 Å². The largest absolute Gasteiger partial charge is 0.345 e. The minimum absolute atomic E-state index is 0.0842. The zero-order valence-corrected chi connectivity index (χ0v) is 29.4. The number of hydrogen-bond acceptors (Lipinski definition) is 7. The Balaban J connectivity index is 1.87. The van der Waals surface area contributed by atoms with Crippen molar-refractivity contribution in [3.63, 3.8) is 0 Å². The molecule has 0 spiro atoms. The fourth-order valence-electron chi connectivity index (χ4n) is 7.53. The van der Waals surface area contributed by atoms with E-state index in [9.17, 15) is 33.6 Å². The van der Waals surface area contributed by atoms with Gasteiger partial charge in [-0.1, -0.05) is 66.7 Å². The molecule has 4 N–H and O–H groups in total. The summed E-state index contributed by atoms with van der Waals surface area (Å²) in [7, 11) is 0. The van der Waals surface area contributed by atoms with E-state index in [4.69, 9.17) is 0 Å². The Labute approximate surface area is 279 Å². The lowest BCUT2D eigenvalue weighted by Gasteiger charge is -2.38. The van der Waals surface area contributed by atoms with Gasteiger partial charge in [0.1, 0.15) is 24.2 Å². The molecule has 3 rings (SSSR count). The average molecular weight is 660 g/mol. The van der Waals surface area contributed by atoms with Crippen molar-refractivity contribution in [1.82, 2.24) is 26.2 Å². The van der Waals surface area contributed by atoms with Crippen molar-refractivity contribution in [3.05, 3.63) is 0 Å². The van der Waals surface area contributed by atoms with Crippen LogP contribution in [0, 0.1) is 23.2 Å². The summed E-state index contributed by atoms with van der Waals surface area (Å²) in [5, 5.41) is 11.3. The third-order valence-corrected chi connectivity index (χ3v) is 10.2. The number of fused-ring (bicyclic) bond motifs is 1. The number of rotatable bonds is 14. The number of ketones is 2. The van der Waals surface area contributed by atoms with Gasteiger partial charge >= 0.3 is 0 Å². The minimum atomic E-state index is -1.00. The highest BCUT2D eigenvalue weighted by Crippen LogP contribution is 2.43. The Kier molecular flexibility index (Phi) is 13.5. The van der Waals surface area contributed by atoms with E-state index in [2.05, 4.69) is 21.3 Å². The maximum Gasteiger partial charge on any atom is 0.246 e. The molecule has 264 valence electrons. The summed E-state index contributed by atoms with van der Waals surface area (Å²) in [6.07, 6.45) is 8.09. The van der Waals surface area contributed by atoms with Crippen LogP contribution < -0.4 is 21.3 Å². The second-order valence-electron chi connectivity index (χ2n) is 14.9. The van der Waals surface area contributed by atoms with Crippen molar-refractivity contribution in [2.75, 3.05) is 6.54 Å². The third kappa shape index (κ3) is 9.63. The van der Waals surface area contributed by atoms with Crippen LogP contribution in [0.3, 0.4) is 0 Å². The topological polar surface area (TPSA) is 171 Å². The predicted molar refractivity (Wildman–Crippen MR) is 177 cm³/mol. The number of hydrogen-bond donors (Lipinski definition) is 4. The molecule has 1 aliphatic heterocycles. The first-order chi connectivity index (χ1) is 22.1. The van der Waals surface area contributed by atoms with E-state index < -0.39 is 64.9 Å². The first kappa shape index (κ1) is 38.1. The molecule has 47 heavy (non-hydrogen) atoms. The van der Waals surface area contributed by atoms with Crippen LogP contribution in [0.15, 0.2) is 0 Å². The van der Waals surface area contributed by atoms with Gasteiger partial charge in [-0.05, 0) is 62.2 Å². The Morgan fingerprint density at radius 3 is 2.04 bits per heavy atom. The standard InChI is InChI=1S/C35H57N5O7/c1-8-14-25(29(43)21(4)41)37-33(46)28-24-18-13-17-23(24)19-40(28)34(47)30(35(5,6)7)39-32(45)27(22-15-11-10-12-16-22)38-31(44)20(3)36-26(42)9-2/h20,22-25,27-28,30H,8-19H2,1-7H3,(H,36,42)(H,37,46)(H,38,44)(H,39,45)/t20-,23+,24+,25+,27+,28+,30-/m1/s1. The SMILES string of the molecule is CCC[C@H](NC(=O)[C@@H]1[C@H]2CCC[C@H]2CN1C(=O)[C@@H](NC(=O)[C@@H](NC(=O)[C@@H](C)NC(=O)CC)C1CCCCC1)C(C)(C)C)C(=O)C(C)=O. The molecule has 1 saturated heterocycles. The lowest BCUT2D eigenvalue weighted by Crippen LogP contribution is -2.63. The molecule has 0 aromatic heterocycles. The number of nitrogens with zero attached hydrogens (tertiary/aromatic N) is 1. The number of nitrogens with one attached hydrogen (secondary N) is 4. The van der Waals surface area contributed by atoms with Crippen LogP contribution >= 0.6 is 0 Å². The molecule has 0 bridgehead atoms. The molecule has 3 aliphatic rings. The molecule has 12 heteroatoms. The van der Waals surface area contributed by atoms with Gasteiger partial charge in [0.25, 0.3) is 0 Å². The van der Waals surface area contributed by atoms with Crippen molar-refractivity contribution in [2.24, 2.45) is 23.2 Å². The molecule has 3 fully saturated rings. The molecule has 2 aliphatic carbocycles. The maximum absolute atomic E-state index is 14.5. The van der Waals surface area contributed by atoms with Crippen molar-refractivity contribution >= 4 is 41.1 Å². The van der Waals surface area contributed by atoms with Gasteiger partial charge in [0, 0.05) is 19.9 Å². The molecule has 2 saturated carbocycles. The van der Waals surface area contributed by atoms with Crippen LogP contribution in [-0.4, -0.2) is 82.8 Å². The van der Waals surface area contributed by atoms with Crippen molar-refractivity contribution < 1.29 is 33.6 Å². The minimum Gasteiger partial charge on any atom is -0.345 e. The van der Waals surface area contributed by atoms with Crippen molar-refractivity contribution in [1.29, 1.82) is 0 Å². The normalized spacial score (nSPS) is 23.9. The van der Waals surface area contributed by atoms with E-state index in [-0.39, 0.29) is 36.0 Å². The Morgan fingerprint density at radius 1 is 0.809 bits per heavy atom. The van der Waals surface area contributed by atoms with E-state index >= 15 is 0 Å².